The zero-order chi connectivity index (χ0) is 19.6. The van der Waals surface area contributed by atoms with Gasteiger partial charge in [-0.2, -0.15) is 10.1 Å². The van der Waals surface area contributed by atoms with Crippen LogP contribution in [-0.2, 0) is 12.0 Å². The van der Waals surface area contributed by atoms with Crippen LogP contribution in [0.15, 0.2) is 35.3 Å². The highest BCUT2D eigenvalue weighted by Crippen LogP contribution is 2.19. The van der Waals surface area contributed by atoms with Crippen LogP contribution in [0.1, 0.15) is 32.8 Å². The number of benzene rings is 1. The van der Waals surface area contributed by atoms with Crippen molar-refractivity contribution in [3.05, 3.63) is 46.4 Å². The molecule has 0 aliphatic rings. The average molecular weight is 368 g/mol. The molecule has 0 bridgehead atoms. The van der Waals surface area contributed by atoms with Crippen LogP contribution in [0.3, 0.4) is 0 Å². The Morgan fingerprint density at radius 2 is 1.89 bits per heavy atom. The molecule has 0 radical (unpaired) electrons. The molecule has 0 saturated carbocycles. The minimum Gasteiger partial charge on any atom is -0.378 e. The van der Waals surface area contributed by atoms with E-state index in [0.717, 1.165) is 19.4 Å². The summed E-state index contributed by atoms with van der Waals surface area (Å²) in [5.74, 6) is 0.487. The Hall–Kier alpha value is -2.83. The number of anilines is 2. The van der Waals surface area contributed by atoms with Gasteiger partial charge in [0.1, 0.15) is 5.39 Å². The smallest absolute Gasteiger partial charge is 0.263 e. The van der Waals surface area contributed by atoms with Crippen LogP contribution < -0.4 is 15.8 Å². The van der Waals surface area contributed by atoms with E-state index >= 15 is 0 Å². The number of aromatic amines is 1. The Balaban J connectivity index is 1.64. The highest BCUT2D eigenvalue weighted by Gasteiger charge is 2.19. The maximum atomic E-state index is 12.3. The van der Waals surface area contributed by atoms with E-state index in [-0.39, 0.29) is 11.1 Å². The van der Waals surface area contributed by atoms with Crippen molar-refractivity contribution in [2.45, 2.75) is 39.2 Å². The molecule has 3 rings (SSSR count). The molecule has 144 valence electrons. The molecule has 0 saturated heterocycles. The van der Waals surface area contributed by atoms with Crippen LogP contribution in [0.25, 0.3) is 11.0 Å². The van der Waals surface area contributed by atoms with Crippen molar-refractivity contribution in [1.29, 1.82) is 0 Å². The molecule has 0 fully saturated rings. The molecule has 2 N–H and O–H groups in total. The predicted molar refractivity (Wildman–Crippen MR) is 111 cm³/mol. The lowest BCUT2D eigenvalue weighted by atomic mass is 10.1. The summed E-state index contributed by atoms with van der Waals surface area (Å²) in [6.07, 6.45) is 3.49. The Morgan fingerprint density at radius 1 is 1.19 bits per heavy atom. The summed E-state index contributed by atoms with van der Waals surface area (Å²) < 4.78 is 1.79. The zero-order valence-corrected chi connectivity index (χ0v) is 16.7. The number of rotatable bonds is 6. The fourth-order valence-corrected chi connectivity index (χ4v) is 2.95. The number of nitrogens with one attached hydrogen (secondary N) is 2. The van der Waals surface area contributed by atoms with E-state index < -0.39 is 0 Å². The summed E-state index contributed by atoms with van der Waals surface area (Å²) >= 11 is 0. The summed E-state index contributed by atoms with van der Waals surface area (Å²) in [6, 6.07) is 8.57. The fraction of sp³-hybridized carbons (Fsp3) is 0.450. The average Bonchev–Trinajstić information content (AvgIpc) is 3.04. The monoisotopic (exact) mass is 368 g/mol. The number of aryl methyl sites for hydroxylation is 1. The predicted octanol–water partition coefficient (Wildman–Crippen LogP) is 2.99. The van der Waals surface area contributed by atoms with Crippen molar-refractivity contribution in [3.63, 3.8) is 0 Å². The third-order valence-corrected chi connectivity index (χ3v) is 4.46. The second-order valence-electron chi connectivity index (χ2n) is 7.97. The third kappa shape index (κ3) is 4.30. The normalized spacial score (nSPS) is 11.7. The largest absolute Gasteiger partial charge is 0.378 e. The van der Waals surface area contributed by atoms with Crippen LogP contribution in [0.2, 0.25) is 0 Å². The molecule has 0 spiro atoms. The summed E-state index contributed by atoms with van der Waals surface area (Å²) in [5.41, 5.74) is 2.69. The summed E-state index contributed by atoms with van der Waals surface area (Å²) in [7, 11) is 4.07. The first-order valence-electron chi connectivity index (χ1n) is 9.24. The molecule has 0 atom stereocenters. The van der Waals surface area contributed by atoms with Gasteiger partial charge in [-0.05, 0) is 51.3 Å². The van der Waals surface area contributed by atoms with Gasteiger partial charge in [0.25, 0.3) is 5.56 Å². The number of aromatic nitrogens is 4. The molecule has 0 unspecified atom stereocenters. The van der Waals surface area contributed by atoms with Gasteiger partial charge in [-0.25, -0.2) is 4.68 Å². The Labute approximate surface area is 159 Å². The van der Waals surface area contributed by atoms with E-state index in [1.807, 2.05) is 34.9 Å². The van der Waals surface area contributed by atoms with Gasteiger partial charge in [0, 0.05) is 26.3 Å². The van der Waals surface area contributed by atoms with Crippen LogP contribution in [0.5, 0.6) is 0 Å². The van der Waals surface area contributed by atoms with Crippen molar-refractivity contribution in [2.24, 2.45) is 0 Å². The molecule has 3 aromatic rings. The number of hydrogen-bond donors (Lipinski definition) is 2. The highest BCUT2D eigenvalue weighted by atomic mass is 16.1. The Kier molecular flexibility index (Phi) is 5.21. The minimum atomic E-state index is -0.238. The first kappa shape index (κ1) is 18.9. The van der Waals surface area contributed by atoms with E-state index in [4.69, 9.17) is 0 Å². The zero-order valence-electron chi connectivity index (χ0n) is 16.7. The number of fused-ring (bicyclic) bond motifs is 1. The van der Waals surface area contributed by atoms with Crippen LogP contribution >= 0.6 is 0 Å². The quantitative estimate of drug-likeness (QED) is 0.654. The minimum absolute atomic E-state index is 0.169. The fourth-order valence-electron chi connectivity index (χ4n) is 2.95. The molecule has 0 aliphatic heterocycles. The summed E-state index contributed by atoms with van der Waals surface area (Å²) in [6.45, 7) is 6.85. The van der Waals surface area contributed by atoms with Crippen LogP contribution in [0, 0.1) is 0 Å². The molecule has 1 aromatic carbocycles. The Bertz CT molecular complexity index is 963. The van der Waals surface area contributed by atoms with Gasteiger partial charge in [-0.1, -0.05) is 12.1 Å². The van der Waals surface area contributed by atoms with E-state index in [9.17, 15) is 4.79 Å². The third-order valence-electron chi connectivity index (χ3n) is 4.46. The maximum Gasteiger partial charge on any atom is 0.263 e. The van der Waals surface area contributed by atoms with Gasteiger partial charge in [-0.15, -0.1) is 0 Å². The molecular formula is C20H28N6O. The van der Waals surface area contributed by atoms with Gasteiger partial charge in [-0.3, -0.25) is 9.78 Å². The molecule has 0 aliphatic carbocycles. The van der Waals surface area contributed by atoms with Gasteiger partial charge in [0.2, 0.25) is 5.95 Å². The second kappa shape index (κ2) is 7.42. The topological polar surface area (TPSA) is 78.8 Å². The second-order valence-corrected chi connectivity index (χ2v) is 7.97. The van der Waals surface area contributed by atoms with Crippen molar-refractivity contribution >= 4 is 22.7 Å². The number of H-pyrrole nitrogens is 1. The first-order chi connectivity index (χ1) is 12.8. The number of hydrogen-bond acceptors (Lipinski definition) is 5. The standard InChI is InChI=1S/C20H28N6O/c1-20(2,3)26-17-16(13-22-26)18(27)24-19(23-17)21-12-6-7-14-8-10-15(11-9-14)25(4)5/h8-11,13H,6-7,12H2,1-5H3,(H2,21,23,24,27). The van der Waals surface area contributed by atoms with E-state index in [0.29, 0.717) is 17.0 Å². The van der Waals surface area contributed by atoms with Crippen molar-refractivity contribution in [2.75, 3.05) is 30.9 Å². The number of nitrogens with zero attached hydrogens (tertiary/aromatic N) is 4. The van der Waals surface area contributed by atoms with Crippen LogP contribution in [-0.4, -0.2) is 40.4 Å². The maximum absolute atomic E-state index is 12.3. The van der Waals surface area contributed by atoms with Crippen LogP contribution in [0.4, 0.5) is 11.6 Å². The SMILES string of the molecule is CN(C)c1ccc(CCCNc2nc3c(cnn3C(C)(C)C)c(=O)[nH]2)cc1. The van der Waals surface area contributed by atoms with E-state index in [1.165, 1.54) is 11.3 Å². The molecule has 0 amide bonds. The van der Waals surface area contributed by atoms with Gasteiger partial charge < -0.3 is 10.2 Å². The lowest BCUT2D eigenvalue weighted by molar-refractivity contribution is 0.366. The van der Waals surface area contributed by atoms with E-state index in [2.05, 4.69) is 49.5 Å². The Morgan fingerprint density at radius 3 is 2.52 bits per heavy atom. The summed E-state index contributed by atoms with van der Waals surface area (Å²) in [4.78, 5) is 21.7. The summed E-state index contributed by atoms with van der Waals surface area (Å²) in [5, 5.41) is 8.07. The molecular weight excluding hydrogens is 340 g/mol. The lowest BCUT2D eigenvalue weighted by Gasteiger charge is -2.19. The van der Waals surface area contributed by atoms with Gasteiger partial charge in [0.15, 0.2) is 5.65 Å². The first-order valence-corrected chi connectivity index (χ1v) is 9.24. The molecule has 2 aromatic heterocycles. The molecule has 7 nitrogen and oxygen atoms in total. The van der Waals surface area contributed by atoms with Crippen molar-refractivity contribution in [1.82, 2.24) is 19.7 Å². The van der Waals surface area contributed by atoms with Gasteiger partial charge in [0.05, 0.1) is 11.7 Å². The van der Waals surface area contributed by atoms with E-state index in [1.54, 1.807) is 10.9 Å². The molecule has 27 heavy (non-hydrogen) atoms. The van der Waals surface area contributed by atoms with Gasteiger partial charge >= 0.3 is 0 Å². The van der Waals surface area contributed by atoms with Crippen molar-refractivity contribution < 1.29 is 0 Å². The highest BCUT2D eigenvalue weighted by molar-refractivity contribution is 5.74. The lowest BCUT2D eigenvalue weighted by Crippen LogP contribution is -2.24. The molecule has 2 heterocycles. The molecule has 7 heteroatoms. The van der Waals surface area contributed by atoms with Crippen molar-refractivity contribution in [3.8, 4) is 0 Å².